The smallest absolute Gasteiger partial charge is 0.407 e. The van der Waals surface area contributed by atoms with Gasteiger partial charge in [0.05, 0.1) is 7.11 Å². The van der Waals surface area contributed by atoms with E-state index in [1.165, 1.54) is 7.11 Å². The molecule has 0 saturated carbocycles. The molecule has 100 valence electrons. The Balaban J connectivity index is 2.77. The largest absolute Gasteiger partial charge is 0.453 e. The zero-order valence-corrected chi connectivity index (χ0v) is 11.3. The van der Waals surface area contributed by atoms with Crippen molar-refractivity contribution in [2.75, 3.05) is 13.7 Å². The van der Waals surface area contributed by atoms with Gasteiger partial charge in [0.1, 0.15) is 6.04 Å². The molecule has 0 spiro atoms. The number of carbonyl (C=O) groups is 2. The third-order valence-electron chi connectivity index (χ3n) is 2.72. The van der Waals surface area contributed by atoms with Crippen molar-refractivity contribution in [2.24, 2.45) is 5.92 Å². The fraction of sp³-hybridized carbons (Fsp3) is 0.538. The van der Waals surface area contributed by atoms with Gasteiger partial charge in [-0.15, -0.1) is 0 Å². The Morgan fingerprint density at radius 1 is 1.44 bits per heavy atom. The lowest BCUT2D eigenvalue weighted by Gasteiger charge is -2.28. The van der Waals surface area contributed by atoms with Gasteiger partial charge >= 0.3 is 6.09 Å². The predicted molar refractivity (Wildman–Crippen MR) is 68.8 cm³/mol. The second kappa shape index (κ2) is 6.23. The maximum Gasteiger partial charge on any atom is 0.407 e. The Labute approximate surface area is 107 Å². The monoisotopic (exact) mass is 252 g/mol. The van der Waals surface area contributed by atoms with Crippen molar-refractivity contribution in [2.45, 2.75) is 26.8 Å². The van der Waals surface area contributed by atoms with E-state index < -0.39 is 12.1 Å². The van der Waals surface area contributed by atoms with Gasteiger partial charge in [-0.3, -0.25) is 4.79 Å². The summed E-state index contributed by atoms with van der Waals surface area (Å²) in [6.07, 6.45) is 5.08. The average Bonchev–Trinajstić information content (AvgIpc) is 2.34. The maximum absolute atomic E-state index is 12.3. The van der Waals surface area contributed by atoms with Crippen LogP contribution >= 0.6 is 0 Å². The lowest BCUT2D eigenvalue weighted by molar-refractivity contribution is -0.131. The van der Waals surface area contributed by atoms with Crippen molar-refractivity contribution in [3.8, 4) is 0 Å². The van der Waals surface area contributed by atoms with Gasteiger partial charge in [0.2, 0.25) is 5.91 Å². The molecule has 0 fully saturated rings. The zero-order chi connectivity index (χ0) is 13.7. The Morgan fingerprint density at radius 2 is 2.11 bits per heavy atom. The second-order valence-corrected chi connectivity index (χ2v) is 4.62. The van der Waals surface area contributed by atoms with E-state index in [4.69, 9.17) is 0 Å². The van der Waals surface area contributed by atoms with E-state index in [0.717, 1.165) is 5.57 Å². The molecule has 1 atom stereocenters. The summed E-state index contributed by atoms with van der Waals surface area (Å²) in [4.78, 5) is 25.2. The van der Waals surface area contributed by atoms with Crippen LogP contribution in [-0.2, 0) is 9.53 Å². The lowest BCUT2D eigenvalue weighted by atomic mass is 10.0. The summed E-state index contributed by atoms with van der Waals surface area (Å²) in [5.74, 6) is -0.129. The molecule has 0 radical (unpaired) electrons. The number of nitrogens with one attached hydrogen (secondary N) is 1. The molecule has 5 nitrogen and oxygen atoms in total. The van der Waals surface area contributed by atoms with E-state index in [2.05, 4.69) is 10.1 Å². The summed E-state index contributed by atoms with van der Waals surface area (Å²) in [7, 11) is 1.28. The number of hydrogen-bond acceptors (Lipinski definition) is 3. The molecule has 0 aromatic heterocycles. The molecule has 0 unspecified atom stereocenters. The van der Waals surface area contributed by atoms with Crippen LogP contribution in [0.25, 0.3) is 0 Å². The summed E-state index contributed by atoms with van der Waals surface area (Å²) < 4.78 is 4.54. The minimum absolute atomic E-state index is 0.00351. The SMILES string of the molecule is COC(=O)N[C@H](C(=O)N1C=C(C)C=CC1)C(C)C. The van der Waals surface area contributed by atoms with Crippen molar-refractivity contribution in [1.29, 1.82) is 0 Å². The van der Waals surface area contributed by atoms with Gasteiger partial charge in [0.15, 0.2) is 0 Å². The summed E-state index contributed by atoms with van der Waals surface area (Å²) in [6, 6.07) is -0.576. The number of rotatable bonds is 3. The number of nitrogens with zero attached hydrogens (tertiary/aromatic N) is 1. The molecule has 1 rings (SSSR count). The zero-order valence-electron chi connectivity index (χ0n) is 11.3. The minimum Gasteiger partial charge on any atom is -0.453 e. The number of allylic oxidation sites excluding steroid dienone is 2. The maximum atomic E-state index is 12.3. The Kier molecular flexibility index (Phi) is 4.95. The van der Waals surface area contributed by atoms with E-state index in [1.807, 2.05) is 32.9 Å². The number of alkyl carbamates (subject to hydrolysis) is 1. The Morgan fingerprint density at radius 3 is 2.61 bits per heavy atom. The first kappa shape index (κ1) is 14.3. The molecule has 1 heterocycles. The highest BCUT2D eigenvalue weighted by Gasteiger charge is 2.28. The van der Waals surface area contributed by atoms with Crippen LogP contribution in [0.3, 0.4) is 0 Å². The topological polar surface area (TPSA) is 58.6 Å². The van der Waals surface area contributed by atoms with E-state index in [1.54, 1.807) is 11.1 Å². The first-order valence-electron chi connectivity index (χ1n) is 5.95. The van der Waals surface area contributed by atoms with Crippen molar-refractivity contribution >= 4 is 12.0 Å². The van der Waals surface area contributed by atoms with Gasteiger partial charge in [0.25, 0.3) is 0 Å². The highest BCUT2D eigenvalue weighted by Crippen LogP contribution is 2.12. The van der Waals surface area contributed by atoms with Gasteiger partial charge in [-0.2, -0.15) is 0 Å². The van der Waals surface area contributed by atoms with Crippen LogP contribution in [0.1, 0.15) is 20.8 Å². The van der Waals surface area contributed by atoms with Gasteiger partial charge in [-0.1, -0.05) is 26.0 Å². The molecule has 1 aliphatic heterocycles. The molecule has 18 heavy (non-hydrogen) atoms. The summed E-state index contributed by atoms with van der Waals surface area (Å²) in [5.41, 5.74) is 1.01. The Bertz CT molecular complexity index is 386. The molecule has 0 saturated heterocycles. The lowest BCUT2D eigenvalue weighted by Crippen LogP contribution is -2.50. The summed E-state index contributed by atoms with van der Waals surface area (Å²) in [6.45, 7) is 6.22. The normalized spacial score (nSPS) is 16.3. The van der Waals surface area contributed by atoms with Crippen LogP contribution in [0.5, 0.6) is 0 Å². The van der Waals surface area contributed by atoms with Gasteiger partial charge < -0.3 is 15.0 Å². The van der Waals surface area contributed by atoms with Crippen molar-refractivity contribution in [3.05, 3.63) is 23.9 Å². The summed E-state index contributed by atoms with van der Waals surface area (Å²) in [5, 5.41) is 2.57. The minimum atomic E-state index is -0.588. The third-order valence-corrected chi connectivity index (χ3v) is 2.72. The van der Waals surface area contributed by atoms with E-state index in [9.17, 15) is 9.59 Å². The first-order chi connectivity index (χ1) is 8.45. The molecular weight excluding hydrogens is 232 g/mol. The number of hydrogen-bond donors (Lipinski definition) is 1. The highest BCUT2D eigenvalue weighted by atomic mass is 16.5. The quantitative estimate of drug-likeness (QED) is 0.831. The molecular formula is C13H20N2O3. The average molecular weight is 252 g/mol. The van der Waals surface area contributed by atoms with Crippen molar-refractivity contribution < 1.29 is 14.3 Å². The number of methoxy groups -OCH3 is 1. The first-order valence-corrected chi connectivity index (χ1v) is 5.95. The van der Waals surface area contributed by atoms with E-state index in [0.29, 0.717) is 6.54 Å². The van der Waals surface area contributed by atoms with Gasteiger partial charge in [-0.05, 0) is 18.4 Å². The molecule has 0 aromatic carbocycles. The van der Waals surface area contributed by atoms with Gasteiger partial charge in [-0.25, -0.2) is 4.79 Å². The molecule has 5 heteroatoms. The van der Waals surface area contributed by atoms with Crippen molar-refractivity contribution in [1.82, 2.24) is 10.2 Å². The fourth-order valence-electron chi connectivity index (χ4n) is 1.73. The van der Waals surface area contributed by atoms with Crippen molar-refractivity contribution in [3.63, 3.8) is 0 Å². The van der Waals surface area contributed by atoms with E-state index in [-0.39, 0.29) is 11.8 Å². The standard InChI is InChI=1S/C13H20N2O3/c1-9(2)11(14-13(17)18-4)12(16)15-7-5-6-10(3)8-15/h5-6,8-9,11H,7H2,1-4H3,(H,14,17)/t11-/m0/s1. The molecule has 0 bridgehead atoms. The molecule has 1 N–H and O–H groups in total. The van der Waals surface area contributed by atoms with Crippen LogP contribution in [0.15, 0.2) is 23.9 Å². The van der Waals surface area contributed by atoms with Crippen LogP contribution in [0.4, 0.5) is 4.79 Å². The Hall–Kier alpha value is -1.78. The number of amides is 2. The van der Waals surface area contributed by atoms with E-state index >= 15 is 0 Å². The summed E-state index contributed by atoms with van der Waals surface area (Å²) >= 11 is 0. The second-order valence-electron chi connectivity index (χ2n) is 4.62. The molecule has 1 aliphatic rings. The van der Waals surface area contributed by atoms with Crippen LogP contribution in [0, 0.1) is 5.92 Å². The highest BCUT2D eigenvalue weighted by molar-refractivity contribution is 5.87. The molecule has 2 amide bonds. The molecule has 0 aliphatic carbocycles. The number of carbonyl (C=O) groups excluding carboxylic acids is 2. The third kappa shape index (κ3) is 3.61. The van der Waals surface area contributed by atoms with Gasteiger partial charge in [0, 0.05) is 12.7 Å². The van der Waals surface area contributed by atoms with Crippen LogP contribution in [0.2, 0.25) is 0 Å². The van der Waals surface area contributed by atoms with Crippen LogP contribution < -0.4 is 5.32 Å². The number of ether oxygens (including phenoxy) is 1. The predicted octanol–water partition coefficient (Wildman–Crippen LogP) is 1.67. The van der Waals surface area contributed by atoms with Crippen LogP contribution in [-0.4, -0.2) is 36.6 Å². The fourth-order valence-corrected chi connectivity index (χ4v) is 1.73. The molecule has 0 aromatic rings.